The lowest BCUT2D eigenvalue weighted by atomic mass is 9.89. The van der Waals surface area contributed by atoms with Crippen LogP contribution in [0.15, 0.2) is 30.3 Å². The lowest BCUT2D eigenvalue weighted by molar-refractivity contribution is -0.160. The molecule has 176 valence electrons. The summed E-state index contributed by atoms with van der Waals surface area (Å²) in [6.07, 6.45) is 1.76. The number of benzene rings is 2. The van der Waals surface area contributed by atoms with Crippen molar-refractivity contribution in [2.45, 2.75) is 77.6 Å². The van der Waals surface area contributed by atoms with E-state index in [1.54, 1.807) is 0 Å². The molecule has 2 aliphatic rings. The van der Waals surface area contributed by atoms with Crippen LogP contribution in [0.3, 0.4) is 0 Å². The molecule has 2 aliphatic heterocycles. The van der Waals surface area contributed by atoms with E-state index in [0.29, 0.717) is 24.4 Å². The van der Waals surface area contributed by atoms with Crippen LogP contribution in [0.1, 0.15) is 55.4 Å². The Morgan fingerprint density at radius 2 is 1.91 bits per heavy atom. The highest BCUT2D eigenvalue weighted by Gasteiger charge is 2.36. The first-order valence-electron chi connectivity index (χ1n) is 11.5. The minimum absolute atomic E-state index is 0.0761. The molecule has 6 nitrogen and oxygen atoms in total. The minimum atomic E-state index is -0.630. The van der Waals surface area contributed by atoms with Gasteiger partial charge in [0.1, 0.15) is 17.5 Å². The highest BCUT2D eigenvalue weighted by atomic mass is 32.1. The maximum atomic E-state index is 11.8. The number of aliphatic hydroxyl groups is 1. The quantitative estimate of drug-likeness (QED) is 0.429. The number of hydrogen-bond donors (Lipinski definition) is 3. The molecule has 0 bridgehead atoms. The molecule has 33 heavy (non-hydrogen) atoms. The molecule has 1 fully saturated rings. The highest BCUT2D eigenvalue weighted by molar-refractivity contribution is 7.80. The van der Waals surface area contributed by atoms with Gasteiger partial charge in [0, 0.05) is 29.8 Å². The van der Waals surface area contributed by atoms with Crippen LogP contribution in [-0.4, -0.2) is 34.0 Å². The fourth-order valence-corrected chi connectivity index (χ4v) is 5.03. The normalized spacial score (nSPS) is 21.1. The van der Waals surface area contributed by atoms with Gasteiger partial charge in [-0.15, -0.1) is 0 Å². The van der Waals surface area contributed by atoms with Crippen LogP contribution in [-0.2, 0) is 22.4 Å². The summed E-state index contributed by atoms with van der Waals surface area (Å²) in [6, 6.07) is 9.83. The molecular weight excluding hydrogens is 436 g/mol. The number of esters is 1. The van der Waals surface area contributed by atoms with Crippen molar-refractivity contribution in [1.29, 1.82) is 0 Å². The molecule has 0 aliphatic carbocycles. The summed E-state index contributed by atoms with van der Waals surface area (Å²) in [4.78, 5) is 11.8. The van der Waals surface area contributed by atoms with Gasteiger partial charge in [-0.05, 0) is 81.6 Å². The topological polar surface area (TPSA) is 79.8 Å². The lowest BCUT2D eigenvalue weighted by Gasteiger charge is -2.27. The standard InChI is InChI=1S/C26H32N2O4S/c1-15-20(11-10-19-12-18(29)13-22(30)31-19)24-21(14-26(3,4)32-24)16(2)23(15)28-25(33)27-17-8-6-5-7-9-17/h5-9,18-19,29H,10-14H2,1-4H3,(H2,27,28,33)/t18-,19-/m1/s1. The zero-order chi connectivity index (χ0) is 23.8. The van der Waals surface area contributed by atoms with Gasteiger partial charge in [-0.25, -0.2) is 0 Å². The number of carbonyl (C=O) groups excluding carboxylic acids is 1. The van der Waals surface area contributed by atoms with Crippen LogP contribution < -0.4 is 15.4 Å². The molecule has 2 aromatic rings. The number of thiocarbonyl (C=S) groups is 1. The number of hydrogen-bond acceptors (Lipinski definition) is 5. The summed E-state index contributed by atoms with van der Waals surface area (Å²) in [6.45, 7) is 8.37. The molecule has 0 amide bonds. The molecule has 2 atom stereocenters. The third kappa shape index (κ3) is 5.31. The number of cyclic esters (lactones) is 1. The van der Waals surface area contributed by atoms with Crippen molar-refractivity contribution in [2.24, 2.45) is 0 Å². The zero-order valence-electron chi connectivity index (χ0n) is 19.7. The predicted molar refractivity (Wildman–Crippen MR) is 134 cm³/mol. The molecule has 0 saturated carbocycles. The average molecular weight is 469 g/mol. The summed E-state index contributed by atoms with van der Waals surface area (Å²) in [5, 5.41) is 17.2. The first-order valence-corrected chi connectivity index (χ1v) is 11.9. The first-order chi connectivity index (χ1) is 15.6. The number of ether oxygens (including phenoxy) is 2. The number of carbonyl (C=O) groups is 1. The average Bonchev–Trinajstić information content (AvgIpc) is 3.06. The van der Waals surface area contributed by atoms with Gasteiger partial charge in [0.2, 0.25) is 0 Å². The second-order valence-electron chi connectivity index (χ2n) is 9.64. The third-order valence-electron chi connectivity index (χ3n) is 6.41. The fourth-order valence-electron chi connectivity index (χ4n) is 4.81. The Morgan fingerprint density at radius 3 is 2.61 bits per heavy atom. The second-order valence-corrected chi connectivity index (χ2v) is 10.0. The summed E-state index contributed by atoms with van der Waals surface area (Å²) in [5.41, 5.74) is 6.11. The smallest absolute Gasteiger partial charge is 0.308 e. The van der Waals surface area contributed by atoms with Crippen LogP contribution in [0.25, 0.3) is 0 Å². The van der Waals surface area contributed by atoms with E-state index in [2.05, 4.69) is 38.3 Å². The molecule has 0 aromatic heterocycles. The molecule has 4 rings (SSSR count). The monoisotopic (exact) mass is 468 g/mol. The summed E-state index contributed by atoms with van der Waals surface area (Å²) < 4.78 is 11.9. The molecular formula is C26H32N2O4S. The lowest BCUT2D eigenvalue weighted by Crippen LogP contribution is -2.32. The first kappa shape index (κ1) is 23.5. The number of para-hydroxylation sites is 1. The number of rotatable bonds is 5. The SMILES string of the molecule is Cc1c(CC[C@@H]2C[C@@H](O)CC(=O)O2)c2c(c(C)c1NC(=S)Nc1ccccc1)CC(C)(C)O2. The van der Waals surface area contributed by atoms with E-state index in [-0.39, 0.29) is 24.1 Å². The van der Waals surface area contributed by atoms with Crippen molar-refractivity contribution in [1.82, 2.24) is 0 Å². The largest absolute Gasteiger partial charge is 0.487 e. The van der Waals surface area contributed by atoms with Crippen molar-refractivity contribution >= 4 is 34.7 Å². The molecule has 7 heteroatoms. The second kappa shape index (κ2) is 9.31. The van der Waals surface area contributed by atoms with Gasteiger partial charge in [-0.2, -0.15) is 0 Å². The molecule has 0 radical (unpaired) electrons. The maximum absolute atomic E-state index is 11.8. The van der Waals surface area contributed by atoms with Gasteiger partial charge >= 0.3 is 5.97 Å². The number of nitrogens with one attached hydrogen (secondary N) is 2. The maximum Gasteiger partial charge on any atom is 0.308 e. The Bertz CT molecular complexity index is 1070. The Hall–Kier alpha value is -2.64. The van der Waals surface area contributed by atoms with Crippen LogP contribution in [0.4, 0.5) is 11.4 Å². The van der Waals surface area contributed by atoms with Gasteiger partial charge in [0.15, 0.2) is 5.11 Å². The van der Waals surface area contributed by atoms with Crippen molar-refractivity contribution in [3.63, 3.8) is 0 Å². The van der Waals surface area contributed by atoms with E-state index in [4.69, 9.17) is 21.7 Å². The predicted octanol–water partition coefficient (Wildman–Crippen LogP) is 4.82. The molecule has 3 N–H and O–H groups in total. The number of fused-ring (bicyclic) bond motifs is 1. The highest BCUT2D eigenvalue weighted by Crippen LogP contribution is 2.45. The Morgan fingerprint density at radius 1 is 1.18 bits per heavy atom. The molecule has 2 heterocycles. The van der Waals surface area contributed by atoms with Gasteiger partial charge in [-0.1, -0.05) is 18.2 Å². The van der Waals surface area contributed by atoms with Gasteiger partial charge < -0.3 is 25.2 Å². The molecule has 0 unspecified atom stereocenters. The van der Waals surface area contributed by atoms with Crippen molar-refractivity contribution in [2.75, 3.05) is 10.6 Å². The van der Waals surface area contributed by atoms with Gasteiger partial charge in [0.25, 0.3) is 0 Å². The van der Waals surface area contributed by atoms with Crippen molar-refractivity contribution in [3.05, 3.63) is 52.6 Å². The van der Waals surface area contributed by atoms with E-state index in [1.165, 1.54) is 5.56 Å². The Labute approximate surface area is 200 Å². The van der Waals surface area contributed by atoms with Crippen LogP contribution in [0.2, 0.25) is 0 Å². The number of aliphatic hydroxyl groups excluding tert-OH is 1. The van der Waals surface area contributed by atoms with E-state index in [9.17, 15) is 9.90 Å². The Kier molecular flexibility index (Phi) is 6.64. The minimum Gasteiger partial charge on any atom is -0.487 e. The zero-order valence-corrected chi connectivity index (χ0v) is 20.5. The third-order valence-corrected chi connectivity index (χ3v) is 6.61. The van der Waals surface area contributed by atoms with Crippen molar-refractivity contribution in [3.8, 4) is 5.75 Å². The van der Waals surface area contributed by atoms with Crippen LogP contribution >= 0.6 is 12.2 Å². The van der Waals surface area contributed by atoms with Gasteiger partial charge in [0.05, 0.1) is 12.5 Å². The summed E-state index contributed by atoms with van der Waals surface area (Å²) in [7, 11) is 0. The summed E-state index contributed by atoms with van der Waals surface area (Å²) in [5.74, 6) is 0.604. The van der Waals surface area contributed by atoms with E-state index in [0.717, 1.165) is 40.2 Å². The molecule has 2 aromatic carbocycles. The van der Waals surface area contributed by atoms with E-state index in [1.807, 2.05) is 30.3 Å². The molecule has 1 saturated heterocycles. The molecule has 0 spiro atoms. The number of anilines is 2. The summed E-state index contributed by atoms with van der Waals surface area (Å²) >= 11 is 5.61. The van der Waals surface area contributed by atoms with Crippen LogP contribution in [0.5, 0.6) is 5.75 Å². The van der Waals surface area contributed by atoms with Crippen molar-refractivity contribution < 1.29 is 19.4 Å². The Balaban J connectivity index is 1.61. The van der Waals surface area contributed by atoms with Gasteiger partial charge in [-0.3, -0.25) is 4.79 Å². The van der Waals surface area contributed by atoms with E-state index >= 15 is 0 Å². The van der Waals surface area contributed by atoms with E-state index < -0.39 is 6.10 Å². The van der Waals surface area contributed by atoms with Crippen LogP contribution in [0, 0.1) is 13.8 Å². The fraction of sp³-hybridized carbons (Fsp3) is 0.462.